The number of unbranched alkanes of at least 4 members (excludes halogenated alkanes) is 7. The number of hydrogen-bond donors (Lipinski definition) is 0. The van der Waals surface area contributed by atoms with Gasteiger partial charge in [0.1, 0.15) is 6.10 Å². The minimum atomic E-state index is 0.0110. The summed E-state index contributed by atoms with van der Waals surface area (Å²) in [6, 6.07) is 0. The van der Waals surface area contributed by atoms with E-state index in [1.54, 1.807) is 5.57 Å². The Bertz CT molecular complexity index is 1090. The predicted octanol–water partition coefficient (Wildman–Crippen LogP) is 14.3. The van der Waals surface area contributed by atoms with Gasteiger partial charge in [0, 0.05) is 12.8 Å². The van der Waals surface area contributed by atoms with Crippen molar-refractivity contribution in [3.8, 4) is 0 Å². The fraction of sp³-hybridized carbons (Fsp3) is 0.809. The van der Waals surface area contributed by atoms with Gasteiger partial charge in [-0.2, -0.15) is 0 Å². The summed E-state index contributed by atoms with van der Waals surface area (Å²) in [7, 11) is 0. The van der Waals surface area contributed by atoms with E-state index in [1.165, 1.54) is 103 Å². The number of hydrogen-bond acceptors (Lipinski definition) is 2. The summed E-state index contributed by atoms with van der Waals surface area (Å²) in [6.45, 7) is 14.9. The van der Waals surface area contributed by atoms with Crippen molar-refractivity contribution >= 4 is 5.97 Å². The number of fused-ring (bicyclic) bond motifs is 5. The molecule has 0 amide bonds. The van der Waals surface area contributed by atoms with Crippen molar-refractivity contribution in [2.24, 2.45) is 46.3 Å². The number of carbonyl (C=O) groups excluding carboxylic acids is 1. The Morgan fingerprint density at radius 2 is 1.49 bits per heavy atom. The van der Waals surface area contributed by atoms with E-state index in [-0.39, 0.29) is 12.1 Å². The quantitative estimate of drug-likeness (QED) is 0.0688. The van der Waals surface area contributed by atoms with Crippen molar-refractivity contribution in [3.63, 3.8) is 0 Å². The minimum absolute atomic E-state index is 0.0110. The zero-order valence-corrected chi connectivity index (χ0v) is 33.2. The second-order valence-corrected chi connectivity index (χ2v) is 18.0. The van der Waals surface area contributed by atoms with Gasteiger partial charge in [0.05, 0.1) is 0 Å². The molecule has 4 rings (SSSR count). The molecule has 0 aromatic carbocycles. The summed E-state index contributed by atoms with van der Waals surface area (Å²) in [5, 5.41) is 0. The van der Waals surface area contributed by atoms with Crippen LogP contribution >= 0.6 is 0 Å². The Hall–Kier alpha value is -1.57. The molecule has 0 radical (unpaired) electrons. The Labute approximate surface area is 304 Å². The zero-order valence-electron chi connectivity index (χ0n) is 33.2. The highest BCUT2D eigenvalue weighted by atomic mass is 16.5. The van der Waals surface area contributed by atoms with Crippen molar-refractivity contribution < 1.29 is 9.53 Å². The molecule has 3 saturated carbocycles. The maximum Gasteiger partial charge on any atom is 0.306 e. The van der Waals surface area contributed by atoms with Gasteiger partial charge in [-0.1, -0.05) is 141 Å². The maximum absolute atomic E-state index is 12.8. The first kappa shape index (κ1) is 40.2. The first-order valence-electron chi connectivity index (χ1n) is 21.5. The fourth-order valence-electron chi connectivity index (χ4n) is 11.2. The monoisotopic (exact) mass is 675 g/mol. The van der Waals surface area contributed by atoms with Gasteiger partial charge in [-0.25, -0.2) is 0 Å². The van der Waals surface area contributed by atoms with Gasteiger partial charge in [0.2, 0.25) is 0 Å². The molecule has 0 N–H and O–H groups in total. The van der Waals surface area contributed by atoms with Gasteiger partial charge in [-0.05, 0) is 130 Å². The van der Waals surface area contributed by atoms with E-state index in [4.69, 9.17) is 4.74 Å². The van der Waals surface area contributed by atoms with E-state index >= 15 is 0 Å². The summed E-state index contributed by atoms with van der Waals surface area (Å²) in [4.78, 5) is 12.8. The molecule has 0 aromatic rings. The van der Waals surface area contributed by atoms with E-state index in [0.717, 1.165) is 74.0 Å². The second kappa shape index (κ2) is 20.5. The molecule has 0 unspecified atom stereocenters. The molecule has 0 spiro atoms. The lowest BCUT2D eigenvalue weighted by Gasteiger charge is -2.58. The molecule has 0 aromatic heterocycles. The molecule has 4 aliphatic rings. The minimum Gasteiger partial charge on any atom is -0.462 e. The van der Waals surface area contributed by atoms with Crippen LogP contribution in [0.3, 0.4) is 0 Å². The summed E-state index contributed by atoms with van der Waals surface area (Å²) in [6.07, 6.45) is 44.7. The summed E-state index contributed by atoms with van der Waals surface area (Å²) < 4.78 is 6.10. The summed E-state index contributed by atoms with van der Waals surface area (Å²) in [5.41, 5.74) is 2.49. The Kier molecular flexibility index (Phi) is 16.8. The highest BCUT2D eigenvalue weighted by Gasteiger charge is 2.59. The van der Waals surface area contributed by atoms with Gasteiger partial charge in [0.15, 0.2) is 0 Å². The van der Waals surface area contributed by atoms with Gasteiger partial charge < -0.3 is 4.74 Å². The third-order valence-electron chi connectivity index (χ3n) is 14.1. The third kappa shape index (κ3) is 11.5. The van der Waals surface area contributed by atoms with Crippen LogP contribution in [0.4, 0.5) is 0 Å². The summed E-state index contributed by atoms with van der Waals surface area (Å²) in [5.74, 6) is 5.22. The Morgan fingerprint density at radius 1 is 0.796 bits per heavy atom. The van der Waals surface area contributed by atoms with Crippen LogP contribution in [0.2, 0.25) is 0 Å². The largest absolute Gasteiger partial charge is 0.462 e. The highest BCUT2D eigenvalue weighted by molar-refractivity contribution is 5.69. The molecule has 3 fully saturated rings. The van der Waals surface area contributed by atoms with E-state index < -0.39 is 0 Å². The lowest BCUT2D eigenvalue weighted by molar-refractivity contribution is -0.151. The SMILES string of the molecule is CCCCCCCCC=CCC=CCC=CCCCC(=O)O[C@H]1CC[C@@]2(C)C(=CC[C@H]3[C@@H]4CC[C@H]([C@H](C)CCCC(C)C)[C@@]4(C)CC[C@@H]32)C1. The standard InChI is InChI=1S/C47H78O2/c1-7-8-9-10-11-12-13-14-15-16-17-18-19-20-21-22-23-27-45(48)49-40-32-34-46(5)39(36-40)28-29-41-43-31-30-42(38(4)26-24-25-37(2)3)47(43,6)35-33-44(41)46/h14-15,17-18,20-21,28,37-38,40-44H,7-13,16,19,22-27,29-36H2,1-6H3/t38-,40+,41+,42-,43+,44+,46+,47-/m1/s1. The topological polar surface area (TPSA) is 26.3 Å². The van der Waals surface area contributed by atoms with Crippen molar-refractivity contribution in [3.05, 3.63) is 48.1 Å². The fourth-order valence-corrected chi connectivity index (χ4v) is 11.2. The van der Waals surface area contributed by atoms with E-state index in [9.17, 15) is 4.79 Å². The lowest BCUT2D eigenvalue weighted by atomic mass is 9.47. The van der Waals surface area contributed by atoms with Gasteiger partial charge in [-0.3, -0.25) is 4.79 Å². The molecule has 2 nitrogen and oxygen atoms in total. The molecule has 0 heterocycles. The van der Waals surface area contributed by atoms with Crippen LogP contribution in [0, 0.1) is 46.3 Å². The smallest absolute Gasteiger partial charge is 0.306 e. The Balaban J connectivity index is 1.12. The number of allylic oxidation sites excluding steroid dienone is 7. The van der Waals surface area contributed by atoms with Crippen LogP contribution in [0.15, 0.2) is 48.1 Å². The second-order valence-electron chi connectivity index (χ2n) is 18.0. The van der Waals surface area contributed by atoms with Gasteiger partial charge in [-0.15, -0.1) is 0 Å². The van der Waals surface area contributed by atoms with Crippen LogP contribution in [0.5, 0.6) is 0 Å². The molecule has 49 heavy (non-hydrogen) atoms. The van der Waals surface area contributed by atoms with Crippen molar-refractivity contribution in [2.45, 2.75) is 195 Å². The first-order valence-corrected chi connectivity index (χ1v) is 21.5. The van der Waals surface area contributed by atoms with Crippen LogP contribution in [0.25, 0.3) is 0 Å². The normalized spacial score (nSPS) is 32.1. The number of ether oxygens (including phenoxy) is 1. The summed E-state index contributed by atoms with van der Waals surface area (Å²) >= 11 is 0. The zero-order chi connectivity index (χ0) is 35.1. The molecule has 0 aliphatic heterocycles. The van der Waals surface area contributed by atoms with E-state index in [2.05, 4.69) is 84.1 Å². The predicted molar refractivity (Wildman–Crippen MR) is 211 cm³/mol. The lowest BCUT2D eigenvalue weighted by Crippen LogP contribution is -2.51. The molecular formula is C47H78O2. The number of carbonyl (C=O) groups is 1. The van der Waals surface area contributed by atoms with Crippen LogP contribution < -0.4 is 0 Å². The average molecular weight is 675 g/mol. The van der Waals surface area contributed by atoms with E-state index in [1.807, 2.05) is 0 Å². The molecule has 0 bridgehead atoms. The highest BCUT2D eigenvalue weighted by Crippen LogP contribution is 2.67. The average Bonchev–Trinajstić information content (AvgIpc) is 3.43. The third-order valence-corrected chi connectivity index (χ3v) is 14.1. The molecule has 8 atom stereocenters. The molecule has 278 valence electrons. The van der Waals surface area contributed by atoms with Crippen molar-refractivity contribution in [1.29, 1.82) is 0 Å². The van der Waals surface area contributed by atoms with Crippen LogP contribution in [0.1, 0.15) is 189 Å². The maximum atomic E-state index is 12.8. The molecular weight excluding hydrogens is 597 g/mol. The van der Waals surface area contributed by atoms with Gasteiger partial charge >= 0.3 is 5.97 Å². The first-order chi connectivity index (χ1) is 23.7. The molecule has 2 heteroatoms. The van der Waals surface area contributed by atoms with Crippen molar-refractivity contribution in [1.82, 2.24) is 0 Å². The van der Waals surface area contributed by atoms with E-state index in [0.29, 0.717) is 17.3 Å². The van der Waals surface area contributed by atoms with Gasteiger partial charge in [0.25, 0.3) is 0 Å². The van der Waals surface area contributed by atoms with Crippen molar-refractivity contribution in [2.75, 3.05) is 0 Å². The molecule has 0 saturated heterocycles. The van der Waals surface area contributed by atoms with Crippen LogP contribution in [-0.2, 0) is 9.53 Å². The molecule has 4 aliphatic carbocycles. The number of esters is 1. The Morgan fingerprint density at radius 3 is 2.22 bits per heavy atom. The number of rotatable bonds is 21. The van der Waals surface area contributed by atoms with Crippen LogP contribution in [-0.4, -0.2) is 12.1 Å².